The number of hydrogen-bond acceptors (Lipinski definition) is 7. The number of alkyl halides is 3. The molecule has 13 heteroatoms. The fourth-order valence-electron chi connectivity index (χ4n) is 4.90. The minimum atomic E-state index is -4.84. The Kier molecular flexibility index (Phi) is 6.21. The number of aromatic amines is 2. The molecular formula is C24H22F4N6O3. The molecule has 0 bridgehead atoms. The van der Waals surface area contributed by atoms with Gasteiger partial charge in [-0.25, -0.2) is 19.3 Å². The van der Waals surface area contributed by atoms with Gasteiger partial charge in [-0.3, -0.25) is 5.10 Å². The summed E-state index contributed by atoms with van der Waals surface area (Å²) in [5.41, 5.74) is -1.76. The number of pyridine rings is 1. The highest BCUT2D eigenvalue weighted by Crippen LogP contribution is 2.48. The minimum absolute atomic E-state index is 0.139. The van der Waals surface area contributed by atoms with E-state index in [2.05, 4.69) is 25.7 Å². The molecule has 0 saturated heterocycles. The van der Waals surface area contributed by atoms with E-state index in [9.17, 15) is 22.4 Å². The van der Waals surface area contributed by atoms with E-state index in [-0.39, 0.29) is 11.8 Å². The lowest BCUT2D eigenvalue weighted by atomic mass is 9.64. The lowest BCUT2D eigenvalue weighted by Gasteiger charge is -2.42. The second-order valence-electron chi connectivity index (χ2n) is 8.92. The van der Waals surface area contributed by atoms with Crippen LogP contribution in [0.3, 0.4) is 0 Å². The zero-order valence-corrected chi connectivity index (χ0v) is 19.5. The average Bonchev–Trinajstić information content (AvgIpc) is 3.52. The molecule has 1 fully saturated rings. The van der Waals surface area contributed by atoms with Gasteiger partial charge < -0.3 is 14.5 Å². The van der Waals surface area contributed by atoms with Crippen LogP contribution in [-0.4, -0.2) is 31.5 Å². The monoisotopic (exact) mass is 518 g/mol. The molecule has 4 aromatic rings. The number of hydrogen-bond donors (Lipinski definition) is 3. The van der Waals surface area contributed by atoms with Gasteiger partial charge >= 0.3 is 11.9 Å². The molecule has 9 nitrogen and oxygen atoms in total. The summed E-state index contributed by atoms with van der Waals surface area (Å²) < 4.78 is 65.1. The molecule has 5 rings (SSSR count). The second kappa shape index (κ2) is 9.37. The largest absolute Gasteiger partial charge is 0.487 e. The molecule has 37 heavy (non-hydrogen) atoms. The van der Waals surface area contributed by atoms with Gasteiger partial charge in [0, 0.05) is 6.07 Å². The molecule has 1 aliphatic carbocycles. The van der Waals surface area contributed by atoms with Crippen LogP contribution in [0.4, 0.5) is 29.2 Å². The summed E-state index contributed by atoms with van der Waals surface area (Å²) in [5, 5.41) is 16.2. The zero-order valence-electron chi connectivity index (χ0n) is 19.5. The fraction of sp³-hybridized carbons (Fsp3) is 0.333. The smallest absolute Gasteiger partial charge is 0.434 e. The molecule has 0 radical (unpaired) electrons. The van der Waals surface area contributed by atoms with E-state index in [4.69, 9.17) is 14.1 Å². The summed E-state index contributed by atoms with van der Waals surface area (Å²) in [7, 11) is 0. The maximum Gasteiger partial charge on any atom is 0.434 e. The second-order valence-corrected chi connectivity index (χ2v) is 8.92. The first-order chi connectivity index (χ1) is 17.7. The first-order valence-electron chi connectivity index (χ1n) is 11.5. The third kappa shape index (κ3) is 4.68. The Labute approximate surface area is 207 Å². The molecule has 3 aromatic heterocycles. The molecule has 194 valence electrons. The third-order valence-electron chi connectivity index (χ3n) is 6.67. The van der Waals surface area contributed by atoms with Crippen molar-refractivity contribution in [3.05, 3.63) is 82.2 Å². The summed E-state index contributed by atoms with van der Waals surface area (Å²) in [4.78, 5) is 16.6. The normalized spacial score (nSPS) is 22.1. The molecular weight excluding hydrogens is 496 g/mol. The van der Waals surface area contributed by atoms with E-state index >= 15 is 0 Å². The number of benzene rings is 1. The number of H-pyrrole nitrogens is 2. The molecule has 0 spiro atoms. The Morgan fingerprint density at radius 3 is 2.65 bits per heavy atom. The van der Waals surface area contributed by atoms with Gasteiger partial charge in [-0.05, 0) is 49.4 Å². The quantitative estimate of drug-likeness (QED) is 0.309. The number of nitrogens with zero attached hydrogens (tertiary/aromatic N) is 3. The van der Waals surface area contributed by atoms with Crippen LogP contribution in [0, 0.1) is 11.7 Å². The lowest BCUT2D eigenvalue weighted by Crippen LogP contribution is -2.44. The van der Waals surface area contributed by atoms with Crippen molar-refractivity contribution in [3.63, 3.8) is 0 Å². The number of nitrogens with one attached hydrogen (secondary N) is 3. The molecule has 1 aromatic carbocycles. The Morgan fingerprint density at radius 1 is 1.16 bits per heavy atom. The van der Waals surface area contributed by atoms with Crippen molar-refractivity contribution >= 4 is 11.6 Å². The summed E-state index contributed by atoms with van der Waals surface area (Å²) in [6.07, 6.45) is -2.88. The van der Waals surface area contributed by atoms with Crippen LogP contribution in [0.5, 0.6) is 5.75 Å². The van der Waals surface area contributed by atoms with E-state index in [1.165, 1.54) is 6.07 Å². The van der Waals surface area contributed by atoms with Crippen molar-refractivity contribution in [1.29, 1.82) is 0 Å². The molecule has 0 aliphatic heterocycles. The van der Waals surface area contributed by atoms with Gasteiger partial charge in [0.25, 0.3) is 0 Å². The first kappa shape index (κ1) is 24.5. The highest BCUT2D eigenvalue weighted by molar-refractivity contribution is 5.51. The van der Waals surface area contributed by atoms with Crippen LogP contribution in [0.2, 0.25) is 0 Å². The number of ether oxygens (including phenoxy) is 1. The standard InChI is InChI=1S/C24H22F4N6O3/c1-13-12-14(36-16-5-2-4-15(20(16)25)24(26,27)28)8-10-23(13,21-33-34-22(35)37-21)17-6-3-7-18(30-17)31-19-9-11-29-32-19/h2-7,9,11,13-14H,8,10,12H2,1H3,(H,34,35)(H2,29,30,31,32)/t13-,14?,23-/m1/s1. The van der Waals surface area contributed by atoms with E-state index in [0.29, 0.717) is 42.7 Å². The fourth-order valence-corrected chi connectivity index (χ4v) is 4.90. The van der Waals surface area contributed by atoms with Crippen molar-refractivity contribution in [2.24, 2.45) is 5.92 Å². The van der Waals surface area contributed by atoms with E-state index in [1.807, 2.05) is 6.92 Å². The maximum absolute atomic E-state index is 14.6. The van der Waals surface area contributed by atoms with Crippen LogP contribution in [-0.2, 0) is 11.6 Å². The molecule has 3 heterocycles. The van der Waals surface area contributed by atoms with Gasteiger partial charge in [0.2, 0.25) is 5.89 Å². The summed E-state index contributed by atoms with van der Waals surface area (Å²) in [5.74, 6) is -1.67. The van der Waals surface area contributed by atoms with E-state index in [1.54, 1.807) is 30.5 Å². The Morgan fingerprint density at radius 2 is 1.97 bits per heavy atom. The van der Waals surface area contributed by atoms with Crippen LogP contribution in [0.1, 0.15) is 43.3 Å². The lowest BCUT2D eigenvalue weighted by molar-refractivity contribution is -0.140. The van der Waals surface area contributed by atoms with Gasteiger partial charge in [-0.15, -0.1) is 5.10 Å². The highest BCUT2D eigenvalue weighted by atomic mass is 19.4. The maximum atomic E-state index is 14.6. The summed E-state index contributed by atoms with van der Waals surface area (Å²) in [6, 6.07) is 10.0. The predicted molar refractivity (Wildman–Crippen MR) is 123 cm³/mol. The predicted octanol–water partition coefficient (Wildman–Crippen LogP) is 4.94. The highest BCUT2D eigenvalue weighted by Gasteiger charge is 2.50. The van der Waals surface area contributed by atoms with Gasteiger partial charge in [-0.1, -0.05) is 19.1 Å². The van der Waals surface area contributed by atoms with Gasteiger partial charge in [0.1, 0.15) is 11.6 Å². The van der Waals surface area contributed by atoms with Crippen LogP contribution in [0.25, 0.3) is 0 Å². The van der Waals surface area contributed by atoms with Crippen molar-refractivity contribution in [2.75, 3.05) is 5.32 Å². The summed E-state index contributed by atoms with van der Waals surface area (Å²) >= 11 is 0. The van der Waals surface area contributed by atoms with E-state index in [0.717, 1.165) is 6.07 Å². The van der Waals surface area contributed by atoms with Crippen molar-refractivity contribution < 1.29 is 26.7 Å². The van der Waals surface area contributed by atoms with Crippen molar-refractivity contribution in [3.8, 4) is 5.75 Å². The zero-order chi connectivity index (χ0) is 26.2. The van der Waals surface area contributed by atoms with Gasteiger partial charge in [-0.2, -0.15) is 18.3 Å². The van der Waals surface area contributed by atoms with Gasteiger partial charge in [0.15, 0.2) is 11.6 Å². The topological polar surface area (TPSA) is 122 Å². The average molecular weight is 518 g/mol. The Hall–Kier alpha value is -4.16. The van der Waals surface area contributed by atoms with Crippen molar-refractivity contribution in [2.45, 2.75) is 43.9 Å². The number of rotatable bonds is 6. The van der Waals surface area contributed by atoms with Gasteiger partial charge in [0.05, 0.1) is 29.0 Å². The minimum Gasteiger partial charge on any atom is -0.487 e. The van der Waals surface area contributed by atoms with Crippen LogP contribution in [0.15, 0.2) is 57.9 Å². The molecule has 3 N–H and O–H groups in total. The molecule has 1 aliphatic rings. The Bertz CT molecular complexity index is 1430. The number of halogens is 4. The molecule has 1 saturated carbocycles. The number of anilines is 2. The SMILES string of the molecule is C[C@@H]1CC(Oc2cccc(C(F)(F)F)c2F)CC[C@@]1(c1cccc(Nc2ccn[nH]2)n1)c1n[nH]c(=O)o1. The van der Waals surface area contributed by atoms with Crippen LogP contribution < -0.4 is 15.8 Å². The number of aromatic nitrogens is 5. The van der Waals surface area contributed by atoms with E-state index < -0.39 is 40.6 Å². The molecule has 0 amide bonds. The first-order valence-corrected chi connectivity index (χ1v) is 11.5. The molecule has 3 atom stereocenters. The third-order valence-corrected chi connectivity index (χ3v) is 6.67. The summed E-state index contributed by atoms with van der Waals surface area (Å²) in [6.45, 7) is 1.88. The Balaban J connectivity index is 1.45. The van der Waals surface area contributed by atoms with Crippen LogP contribution >= 0.6 is 0 Å². The molecule has 1 unspecified atom stereocenters. The van der Waals surface area contributed by atoms with Crippen molar-refractivity contribution in [1.82, 2.24) is 25.4 Å².